The molecule has 1 heteroatoms. The monoisotopic (exact) mass is 233 g/mol. The van der Waals surface area contributed by atoms with Crippen molar-refractivity contribution in [3.8, 4) is 0 Å². The first-order valence-corrected chi connectivity index (χ1v) is 6.70. The molecule has 1 atom stereocenters. The van der Waals surface area contributed by atoms with Crippen molar-refractivity contribution in [3.63, 3.8) is 0 Å². The minimum Gasteiger partial charge on any atom is -0.328 e. The van der Waals surface area contributed by atoms with Crippen LogP contribution in [0.15, 0.2) is 18.2 Å². The Balaban J connectivity index is 2.77. The number of aryl methyl sites for hydroxylation is 2. The summed E-state index contributed by atoms with van der Waals surface area (Å²) in [4.78, 5) is 0. The quantitative estimate of drug-likeness (QED) is 0.837. The van der Waals surface area contributed by atoms with Gasteiger partial charge in [-0.2, -0.15) is 0 Å². The van der Waals surface area contributed by atoms with Gasteiger partial charge in [0, 0.05) is 6.04 Å². The van der Waals surface area contributed by atoms with E-state index in [1.54, 1.807) is 0 Å². The molecule has 0 heterocycles. The van der Waals surface area contributed by atoms with E-state index in [0.29, 0.717) is 6.04 Å². The molecule has 0 aliphatic rings. The van der Waals surface area contributed by atoms with Crippen molar-refractivity contribution in [2.45, 2.75) is 65.3 Å². The Morgan fingerprint density at radius 2 is 1.88 bits per heavy atom. The van der Waals surface area contributed by atoms with Gasteiger partial charge in [-0.3, -0.25) is 0 Å². The number of rotatable bonds is 4. The van der Waals surface area contributed by atoms with Gasteiger partial charge in [0.2, 0.25) is 0 Å². The van der Waals surface area contributed by atoms with Crippen LogP contribution < -0.4 is 5.73 Å². The first kappa shape index (κ1) is 14.2. The van der Waals surface area contributed by atoms with Gasteiger partial charge in [0.15, 0.2) is 0 Å². The molecular formula is C16H27N. The van der Waals surface area contributed by atoms with Crippen LogP contribution in [-0.2, 0) is 11.8 Å². The highest BCUT2D eigenvalue weighted by Crippen LogP contribution is 2.24. The van der Waals surface area contributed by atoms with Crippen LogP contribution in [0.4, 0.5) is 0 Å². The minimum atomic E-state index is 0.239. The molecule has 0 aliphatic heterocycles. The van der Waals surface area contributed by atoms with E-state index >= 15 is 0 Å². The Kier molecular flexibility index (Phi) is 4.76. The Hall–Kier alpha value is -0.820. The van der Waals surface area contributed by atoms with Gasteiger partial charge < -0.3 is 5.73 Å². The smallest absolute Gasteiger partial charge is 0.00393 e. The van der Waals surface area contributed by atoms with Crippen LogP contribution in [0.25, 0.3) is 0 Å². The molecule has 2 N–H and O–H groups in total. The lowest BCUT2D eigenvalue weighted by Crippen LogP contribution is -2.19. The lowest BCUT2D eigenvalue weighted by atomic mass is 9.85. The van der Waals surface area contributed by atoms with E-state index in [9.17, 15) is 0 Å². The number of benzene rings is 1. The lowest BCUT2D eigenvalue weighted by Gasteiger charge is -2.21. The van der Waals surface area contributed by atoms with Gasteiger partial charge in [0.25, 0.3) is 0 Å². The van der Waals surface area contributed by atoms with Gasteiger partial charge in [0.05, 0.1) is 0 Å². The third-order valence-electron chi connectivity index (χ3n) is 3.52. The van der Waals surface area contributed by atoms with Gasteiger partial charge in [0.1, 0.15) is 0 Å². The largest absolute Gasteiger partial charge is 0.328 e. The highest BCUT2D eigenvalue weighted by molar-refractivity contribution is 5.34. The molecule has 1 rings (SSSR count). The second-order valence-electron chi connectivity index (χ2n) is 6.10. The summed E-state index contributed by atoms with van der Waals surface area (Å²) in [5.74, 6) is 0. The van der Waals surface area contributed by atoms with Crippen LogP contribution in [0, 0.1) is 6.92 Å². The molecule has 0 aliphatic carbocycles. The maximum Gasteiger partial charge on any atom is 0.00393 e. The van der Waals surface area contributed by atoms with Crippen LogP contribution in [0.2, 0.25) is 0 Å². The maximum absolute atomic E-state index is 5.97. The molecule has 1 unspecified atom stereocenters. The summed E-state index contributed by atoms with van der Waals surface area (Å²) >= 11 is 0. The predicted molar refractivity (Wildman–Crippen MR) is 76.5 cm³/mol. The zero-order valence-corrected chi connectivity index (χ0v) is 12.0. The second kappa shape index (κ2) is 5.68. The fourth-order valence-corrected chi connectivity index (χ4v) is 1.99. The highest BCUT2D eigenvalue weighted by Gasteiger charge is 2.14. The zero-order valence-electron chi connectivity index (χ0n) is 12.0. The summed E-state index contributed by atoms with van der Waals surface area (Å²) in [7, 11) is 0. The van der Waals surface area contributed by atoms with Gasteiger partial charge in [-0.25, -0.2) is 0 Å². The van der Waals surface area contributed by atoms with E-state index < -0.39 is 0 Å². The summed E-state index contributed by atoms with van der Waals surface area (Å²) in [6, 6.07) is 7.21. The van der Waals surface area contributed by atoms with Crippen LogP contribution in [0.3, 0.4) is 0 Å². The summed E-state index contributed by atoms with van der Waals surface area (Å²) in [6.07, 6.45) is 3.26. The average Bonchev–Trinajstić information content (AvgIpc) is 2.25. The number of hydrogen-bond donors (Lipinski definition) is 1. The van der Waals surface area contributed by atoms with Crippen molar-refractivity contribution in [2.24, 2.45) is 5.73 Å². The molecular weight excluding hydrogens is 206 g/mol. The van der Waals surface area contributed by atoms with Gasteiger partial charge in [-0.1, -0.05) is 45.9 Å². The SMILES string of the molecule is CCC(N)CCc1ccc(C(C)(C)C)cc1C. The molecule has 0 saturated heterocycles. The fraction of sp³-hybridized carbons (Fsp3) is 0.625. The minimum absolute atomic E-state index is 0.239. The van der Waals surface area contributed by atoms with Crippen LogP contribution in [-0.4, -0.2) is 6.04 Å². The van der Waals surface area contributed by atoms with Crippen molar-refractivity contribution < 1.29 is 0 Å². The van der Waals surface area contributed by atoms with Crippen LogP contribution in [0.5, 0.6) is 0 Å². The van der Waals surface area contributed by atoms with Crippen molar-refractivity contribution in [3.05, 3.63) is 34.9 Å². The molecule has 0 radical (unpaired) electrons. The number of hydrogen-bond acceptors (Lipinski definition) is 1. The molecule has 1 nitrogen and oxygen atoms in total. The van der Waals surface area contributed by atoms with E-state index in [-0.39, 0.29) is 5.41 Å². The molecule has 0 amide bonds. The zero-order chi connectivity index (χ0) is 13.1. The molecule has 0 aromatic heterocycles. The van der Waals surface area contributed by atoms with Crippen molar-refractivity contribution >= 4 is 0 Å². The Bertz CT molecular complexity index is 360. The first-order chi connectivity index (χ1) is 7.84. The van der Waals surface area contributed by atoms with Crippen molar-refractivity contribution in [1.29, 1.82) is 0 Å². The maximum atomic E-state index is 5.97. The Morgan fingerprint density at radius 1 is 1.24 bits per heavy atom. The summed E-state index contributed by atoms with van der Waals surface area (Å²) in [5, 5.41) is 0. The molecule has 0 spiro atoms. The first-order valence-electron chi connectivity index (χ1n) is 6.70. The highest BCUT2D eigenvalue weighted by atomic mass is 14.6. The van der Waals surface area contributed by atoms with E-state index in [0.717, 1.165) is 19.3 Å². The Labute approximate surface area is 106 Å². The predicted octanol–water partition coefficient (Wildman–Crippen LogP) is 3.96. The standard InChI is InChI=1S/C16H27N/c1-6-15(17)10-8-13-7-9-14(11-12(13)2)16(3,4)5/h7,9,11,15H,6,8,10,17H2,1-5H3. The fourth-order valence-electron chi connectivity index (χ4n) is 1.99. The average molecular weight is 233 g/mol. The molecule has 1 aromatic carbocycles. The summed E-state index contributed by atoms with van der Waals surface area (Å²) in [5.41, 5.74) is 10.5. The summed E-state index contributed by atoms with van der Waals surface area (Å²) < 4.78 is 0. The third kappa shape index (κ3) is 4.16. The lowest BCUT2D eigenvalue weighted by molar-refractivity contribution is 0.585. The van der Waals surface area contributed by atoms with Gasteiger partial charge in [-0.05, 0) is 48.3 Å². The Morgan fingerprint density at radius 3 is 2.35 bits per heavy atom. The molecule has 0 bridgehead atoms. The molecule has 17 heavy (non-hydrogen) atoms. The molecule has 0 saturated carbocycles. The van der Waals surface area contributed by atoms with Gasteiger partial charge in [-0.15, -0.1) is 0 Å². The van der Waals surface area contributed by atoms with E-state index in [4.69, 9.17) is 5.73 Å². The second-order valence-corrected chi connectivity index (χ2v) is 6.10. The van der Waals surface area contributed by atoms with Crippen LogP contribution >= 0.6 is 0 Å². The van der Waals surface area contributed by atoms with Gasteiger partial charge >= 0.3 is 0 Å². The molecule has 96 valence electrons. The van der Waals surface area contributed by atoms with Crippen molar-refractivity contribution in [2.75, 3.05) is 0 Å². The number of nitrogens with two attached hydrogens (primary N) is 1. The van der Waals surface area contributed by atoms with E-state index in [2.05, 4.69) is 52.8 Å². The van der Waals surface area contributed by atoms with E-state index in [1.165, 1.54) is 16.7 Å². The normalized spacial score (nSPS) is 13.8. The van der Waals surface area contributed by atoms with E-state index in [1.807, 2.05) is 0 Å². The summed E-state index contributed by atoms with van der Waals surface area (Å²) in [6.45, 7) is 11.1. The van der Waals surface area contributed by atoms with Crippen LogP contribution in [0.1, 0.15) is 57.2 Å². The third-order valence-corrected chi connectivity index (χ3v) is 3.52. The topological polar surface area (TPSA) is 26.0 Å². The van der Waals surface area contributed by atoms with Crippen molar-refractivity contribution in [1.82, 2.24) is 0 Å². The molecule has 1 aromatic rings. The molecule has 0 fully saturated rings.